The van der Waals surface area contributed by atoms with Gasteiger partial charge in [0.05, 0.1) is 10.7 Å². The van der Waals surface area contributed by atoms with Crippen molar-refractivity contribution >= 4 is 29.2 Å². The fraction of sp³-hybridized carbons (Fsp3) is 0.105. The van der Waals surface area contributed by atoms with E-state index in [2.05, 4.69) is 5.10 Å². The number of carbonyl (C=O) groups excluding carboxylic acids is 1. The number of para-hydroxylation sites is 1. The van der Waals surface area contributed by atoms with Crippen molar-refractivity contribution in [1.82, 2.24) is 9.78 Å². The van der Waals surface area contributed by atoms with Gasteiger partial charge in [-0.1, -0.05) is 35.3 Å². The number of hydrogen-bond acceptors (Lipinski definition) is 4. The van der Waals surface area contributed by atoms with Crippen LogP contribution in [0.25, 0.3) is 5.69 Å². The molecule has 132 valence electrons. The number of halogens is 2. The van der Waals surface area contributed by atoms with Crippen molar-refractivity contribution in [2.24, 2.45) is 0 Å². The predicted molar refractivity (Wildman–Crippen MR) is 101 cm³/mol. The van der Waals surface area contributed by atoms with Gasteiger partial charge in [-0.25, -0.2) is 9.48 Å². The van der Waals surface area contributed by atoms with E-state index in [-0.39, 0.29) is 5.69 Å². The lowest BCUT2D eigenvalue weighted by Gasteiger charge is -2.12. The Morgan fingerprint density at radius 2 is 1.81 bits per heavy atom. The highest BCUT2D eigenvalue weighted by Gasteiger charge is 2.19. The zero-order chi connectivity index (χ0) is 18.8. The molecular formula is C19H14Cl2N2O3. The van der Waals surface area contributed by atoms with Crippen LogP contribution in [0.3, 0.4) is 0 Å². The SMILES string of the molecule is Cc1cc(Cl)ccc1OC(=O)c1nn(-c2ccccc2Cl)c(C)cc1=O. The van der Waals surface area contributed by atoms with Gasteiger partial charge in [-0.05, 0) is 49.7 Å². The summed E-state index contributed by atoms with van der Waals surface area (Å²) in [5.41, 5.74) is 0.919. The molecule has 3 rings (SSSR count). The lowest BCUT2D eigenvalue weighted by molar-refractivity contribution is 0.0723. The van der Waals surface area contributed by atoms with E-state index in [1.54, 1.807) is 56.3 Å². The molecule has 5 nitrogen and oxygen atoms in total. The largest absolute Gasteiger partial charge is 0.421 e. The molecule has 0 saturated carbocycles. The average Bonchev–Trinajstić information content (AvgIpc) is 2.58. The van der Waals surface area contributed by atoms with Crippen molar-refractivity contribution in [2.45, 2.75) is 13.8 Å². The molecule has 0 aliphatic carbocycles. The first-order valence-corrected chi connectivity index (χ1v) is 8.46. The molecule has 2 aromatic carbocycles. The average molecular weight is 389 g/mol. The second-order valence-corrected chi connectivity index (χ2v) is 6.50. The first-order chi connectivity index (χ1) is 12.4. The Hall–Kier alpha value is -2.63. The van der Waals surface area contributed by atoms with Crippen LogP contribution in [0.2, 0.25) is 10.0 Å². The summed E-state index contributed by atoms with van der Waals surface area (Å²) >= 11 is 12.1. The van der Waals surface area contributed by atoms with E-state index in [0.717, 1.165) is 0 Å². The number of aromatic nitrogens is 2. The molecule has 0 spiro atoms. The molecule has 7 heteroatoms. The Morgan fingerprint density at radius 1 is 1.08 bits per heavy atom. The highest BCUT2D eigenvalue weighted by Crippen LogP contribution is 2.23. The molecule has 3 aromatic rings. The van der Waals surface area contributed by atoms with Crippen LogP contribution >= 0.6 is 23.2 Å². The molecule has 0 unspecified atom stereocenters. The van der Waals surface area contributed by atoms with Crippen LogP contribution in [0.5, 0.6) is 5.75 Å². The van der Waals surface area contributed by atoms with Gasteiger partial charge in [0.15, 0.2) is 0 Å². The van der Waals surface area contributed by atoms with E-state index in [0.29, 0.717) is 32.7 Å². The van der Waals surface area contributed by atoms with Crippen LogP contribution in [-0.4, -0.2) is 15.7 Å². The minimum Gasteiger partial charge on any atom is -0.421 e. The maximum Gasteiger partial charge on any atom is 0.368 e. The second-order valence-electron chi connectivity index (χ2n) is 5.66. The quantitative estimate of drug-likeness (QED) is 0.493. The van der Waals surface area contributed by atoms with Crippen LogP contribution < -0.4 is 10.2 Å². The van der Waals surface area contributed by atoms with E-state index < -0.39 is 11.4 Å². The van der Waals surface area contributed by atoms with E-state index >= 15 is 0 Å². The van der Waals surface area contributed by atoms with Gasteiger partial charge in [-0.3, -0.25) is 4.79 Å². The summed E-state index contributed by atoms with van der Waals surface area (Å²) < 4.78 is 6.76. The number of ether oxygens (including phenoxy) is 1. The van der Waals surface area contributed by atoms with Crippen molar-refractivity contribution in [2.75, 3.05) is 0 Å². The summed E-state index contributed by atoms with van der Waals surface area (Å²) in [6.07, 6.45) is 0. The minimum absolute atomic E-state index is 0.311. The molecular weight excluding hydrogens is 375 g/mol. The molecule has 0 N–H and O–H groups in total. The van der Waals surface area contributed by atoms with E-state index in [4.69, 9.17) is 27.9 Å². The van der Waals surface area contributed by atoms with Gasteiger partial charge >= 0.3 is 5.97 Å². The Balaban J connectivity index is 2.02. The lowest BCUT2D eigenvalue weighted by atomic mass is 10.2. The van der Waals surface area contributed by atoms with Crippen LogP contribution in [0.1, 0.15) is 21.7 Å². The Bertz CT molecular complexity index is 1060. The first kappa shape index (κ1) is 18.2. The summed E-state index contributed by atoms with van der Waals surface area (Å²) in [6, 6.07) is 13.2. The summed E-state index contributed by atoms with van der Waals surface area (Å²) in [6.45, 7) is 3.45. The van der Waals surface area contributed by atoms with Crippen LogP contribution in [0.4, 0.5) is 0 Å². The molecule has 0 saturated heterocycles. The van der Waals surface area contributed by atoms with Crippen molar-refractivity contribution in [3.63, 3.8) is 0 Å². The number of rotatable bonds is 3. The van der Waals surface area contributed by atoms with Gasteiger partial charge in [0, 0.05) is 16.8 Å². The monoisotopic (exact) mass is 388 g/mol. The minimum atomic E-state index is -0.846. The van der Waals surface area contributed by atoms with Crippen LogP contribution in [0.15, 0.2) is 53.3 Å². The van der Waals surface area contributed by atoms with Crippen molar-refractivity contribution in [3.05, 3.63) is 85.8 Å². The van der Waals surface area contributed by atoms with Gasteiger partial charge in [-0.15, -0.1) is 0 Å². The molecule has 1 aromatic heterocycles. The van der Waals surface area contributed by atoms with Crippen molar-refractivity contribution < 1.29 is 9.53 Å². The maximum absolute atomic E-state index is 12.5. The van der Waals surface area contributed by atoms with Gasteiger partial charge in [0.2, 0.25) is 11.1 Å². The zero-order valence-corrected chi connectivity index (χ0v) is 15.5. The number of carbonyl (C=O) groups is 1. The highest BCUT2D eigenvalue weighted by atomic mass is 35.5. The Morgan fingerprint density at radius 3 is 2.50 bits per heavy atom. The molecule has 0 amide bonds. The summed E-state index contributed by atoms with van der Waals surface area (Å²) in [4.78, 5) is 24.7. The summed E-state index contributed by atoms with van der Waals surface area (Å²) in [7, 11) is 0. The molecule has 26 heavy (non-hydrogen) atoms. The van der Waals surface area contributed by atoms with Gasteiger partial charge in [0.25, 0.3) is 0 Å². The fourth-order valence-electron chi connectivity index (χ4n) is 2.43. The predicted octanol–water partition coefficient (Wildman–Crippen LogP) is 4.38. The Labute approximate surface area is 159 Å². The topological polar surface area (TPSA) is 61.2 Å². The maximum atomic E-state index is 12.5. The number of hydrogen-bond donors (Lipinski definition) is 0. The third-order valence-electron chi connectivity index (χ3n) is 3.72. The molecule has 0 aliphatic heterocycles. The number of nitrogens with zero attached hydrogens (tertiary/aromatic N) is 2. The number of benzene rings is 2. The summed E-state index contributed by atoms with van der Waals surface area (Å²) in [5, 5.41) is 5.13. The zero-order valence-electron chi connectivity index (χ0n) is 14.0. The van der Waals surface area contributed by atoms with Crippen LogP contribution in [0, 0.1) is 13.8 Å². The fourth-order valence-corrected chi connectivity index (χ4v) is 2.87. The summed E-state index contributed by atoms with van der Waals surface area (Å²) in [5.74, 6) is -0.535. The normalized spacial score (nSPS) is 10.6. The standard InChI is InChI=1S/C19H14Cl2N2O3/c1-11-9-13(20)7-8-17(11)26-19(25)18-16(24)10-12(2)23(22-18)15-6-4-3-5-14(15)21/h3-10H,1-2H3. The molecule has 0 radical (unpaired) electrons. The number of aryl methyl sites for hydroxylation is 2. The molecule has 0 bridgehead atoms. The van der Waals surface area contributed by atoms with Gasteiger partial charge in [-0.2, -0.15) is 5.10 Å². The van der Waals surface area contributed by atoms with Crippen molar-refractivity contribution in [1.29, 1.82) is 0 Å². The van der Waals surface area contributed by atoms with E-state index in [9.17, 15) is 9.59 Å². The van der Waals surface area contributed by atoms with Crippen LogP contribution in [-0.2, 0) is 0 Å². The van der Waals surface area contributed by atoms with E-state index in [1.807, 2.05) is 0 Å². The smallest absolute Gasteiger partial charge is 0.368 e. The second kappa shape index (κ2) is 7.32. The van der Waals surface area contributed by atoms with Gasteiger partial charge < -0.3 is 4.74 Å². The molecule has 1 heterocycles. The van der Waals surface area contributed by atoms with E-state index in [1.165, 1.54) is 10.7 Å². The third kappa shape index (κ3) is 3.64. The highest BCUT2D eigenvalue weighted by molar-refractivity contribution is 6.32. The number of esters is 1. The Kier molecular flexibility index (Phi) is 5.11. The molecule has 0 atom stereocenters. The van der Waals surface area contributed by atoms with Crippen molar-refractivity contribution in [3.8, 4) is 11.4 Å². The first-order valence-electron chi connectivity index (χ1n) is 7.71. The molecule has 0 aliphatic rings. The third-order valence-corrected chi connectivity index (χ3v) is 4.28. The molecule has 0 fully saturated rings. The lowest BCUT2D eigenvalue weighted by Crippen LogP contribution is -2.26. The van der Waals surface area contributed by atoms with Gasteiger partial charge in [0.1, 0.15) is 5.75 Å².